The number of rotatable bonds is 3. The van der Waals surface area contributed by atoms with Gasteiger partial charge < -0.3 is 11.1 Å². The van der Waals surface area contributed by atoms with E-state index in [2.05, 4.69) is 22.1 Å². The molecular formula is C19H21N3. The van der Waals surface area contributed by atoms with E-state index >= 15 is 0 Å². The third-order valence-corrected chi connectivity index (χ3v) is 4.13. The van der Waals surface area contributed by atoms with Crippen LogP contribution < -0.4 is 11.1 Å². The van der Waals surface area contributed by atoms with Gasteiger partial charge in [-0.05, 0) is 62.4 Å². The number of nitrogens with zero attached hydrogens (tertiary/aromatic N) is 1. The van der Waals surface area contributed by atoms with Gasteiger partial charge >= 0.3 is 0 Å². The average molecular weight is 291 g/mol. The van der Waals surface area contributed by atoms with Crippen molar-refractivity contribution in [1.29, 1.82) is 0 Å². The number of benzene rings is 1. The Kier molecular flexibility index (Phi) is 4.02. The molecule has 3 rings (SSSR count). The Morgan fingerprint density at radius 3 is 2.68 bits per heavy atom. The SMILES string of the molecule is Cc1ncccc1C#Cc1ccc(NCC2CC2)c(N)c1C. The summed E-state index contributed by atoms with van der Waals surface area (Å²) in [5, 5.41) is 3.44. The van der Waals surface area contributed by atoms with Crippen molar-refractivity contribution in [2.45, 2.75) is 26.7 Å². The Morgan fingerprint density at radius 2 is 1.95 bits per heavy atom. The molecule has 112 valence electrons. The monoisotopic (exact) mass is 291 g/mol. The normalized spacial score (nSPS) is 13.4. The van der Waals surface area contributed by atoms with Gasteiger partial charge in [-0.1, -0.05) is 11.8 Å². The fourth-order valence-electron chi connectivity index (χ4n) is 2.35. The second kappa shape index (κ2) is 6.11. The minimum absolute atomic E-state index is 0.801. The molecule has 0 aliphatic heterocycles. The molecule has 1 heterocycles. The zero-order valence-electron chi connectivity index (χ0n) is 13.1. The molecule has 2 aromatic rings. The maximum atomic E-state index is 6.25. The second-order valence-corrected chi connectivity index (χ2v) is 5.91. The van der Waals surface area contributed by atoms with E-state index in [4.69, 9.17) is 5.73 Å². The van der Waals surface area contributed by atoms with Gasteiger partial charge in [-0.2, -0.15) is 0 Å². The lowest BCUT2D eigenvalue weighted by atomic mass is 10.0. The Balaban J connectivity index is 1.83. The highest BCUT2D eigenvalue weighted by atomic mass is 14.9. The van der Waals surface area contributed by atoms with Crippen LogP contribution in [-0.2, 0) is 0 Å². The van der Waals surface area contributed by atoms with Crippen LogP contribution in [-0.4, -0.2) is 11.5 Å². The number of nitrogens with one attached hydrogen (secondary N) is 1. The Morgan fingerprint density at radius 1 is 1.18 bits per heavy atom. The molecule has 0 saturated heterocycles. The molecule has 1 saturated carbocycles. The molecule has 0 atom stereocenters. The van der Waals surface area contributed by atoms with E-state index in [0.717, 1.165) is 46.2 Å². The van der Waals surface area contributed by atoms with E-state index < -0.39 is 0 Å². The van der Waals surface area contributed by atoms with Crippen molar-refractivity contribution in [2.24, 2.45) is 5.92 Å². The first kappa shape index (κ1) is 14.5. The van der Waals surface area contributed by atoms with Crippen LogP contribution in [0.1, 0.15) is 35.2 Å². The average Bonchev–Trinajstić information content (AvgIpc) is 3.33. The molecule has 1 aliphatic carbocycles. The lowest BCUT2D eigenvalue weighted by Crippen LogP contribution is -2.07. The molecule has 0 bridgehead atoms. The molecule has 1 aromatic heterocycles. The van der Waals surface area contributed by atoms with Crippen LogP contribution in [0, 0.1) is 31.6 Å². The molecule has 0 amide bonds. The Hall–Kier alpha value is -2.47. The fraction of sp³-hybridized carbons (Fsp3) is 0.316. The van der Waals surface area contributed by atoms with Crippen LogP contribution in [0.15, 0.2) is 30.5 Å². The van der Waals surface area contributed by atoms with Crippen LogP contribution in [0.4, 0.5) is 11.4 Å². The van der Waals surface area contributed by atoms with Gasteiger partial charge in [0, 0.05) is 23.9 Å². The van der Waals surface area contributed by atoms with Crippen molar-refractivity contribution < 1.29 is 0 Å². The first-order valence-electron chi connectivity index (χ1n) is 7.71. The second-order valence-electron chi connectivity index (χ2n) is 5.91. The van der Waals surface area contributed by atoms with E-state index in [1.54, 1.807) is 6.20 Å². The van der Waals surface area contributed by atoms with Crippen molar-refractivity contribution in [1.82, 2.24) is 4.98 Å². The maximum Gasteiger partial charge on any atom is 0.0592 e. The van der Waals surface area contributed by atoms with Gasteiger partial charge in [0.2, 0.25) is 0 Å². The van der Waals surface area contributed by atoms with Gasteiger partial charge in [0.25, 0.3) is 0 Å². The predicted octanol–water partition coefficient (Wildman–Crippen LogP) is 3.50. The molecule has 1 fully saturated rings. The molecule has 22 heavy (non-hydrogen) atoms. The summed E-state index contributed by atoms with van der Waals surface area (Å²) in [5.74, 6) is 7.23. The van der Waals surface area contributed by atoms with Crippen LogP contribution in [0.5, 0.6) is 0 Å². The molecule has 1 aromatic carbocycles. The number of anilines is 2. The topological polar surface area (TPSA) is 50.9 Å². The number of nitrogen functional groups attached to an aromatic ring is 1. The molecule has 0 unspecified atom stereocenters. The lowest BCUT2D eigenvalue weighted by molar-refractivity contribution is 0.889. The number of aryl methyl sites for hydroxylation is 1. The van der Waals surface area contributed by atoms with Crippen molar-refractivity contribution in [3.8, 4) is 11.8 Å². The van der Waals surface area contributed by atoms with Gasteiger partial charge in [0.1, 0.15) is 0 Å². The maximum absolute atomic E-state index is 6.25. The number of hydrogen-bond acceptors (Lipinski definition) is 3. The quantitative estimate of drug-likeness (QED) is 0.672. The zero-order chi connectivity index (χ0) is 15.5. The fourth-order valence-corrected chi connectivity index (χ4v) is 2.35. The highest BCUT2D eigenvalue weighted by Gasteiger charge is 2.21. The Bertz CT molecular complexity index is 749. The predicted molar refractivity (Wildman–Crippen MR) is 91.8 cm³/mol. The third kappa shape index (κ3) is 3.23. The van der Waals surface area contributed by atoms with E-state index in [1.165, 1.54) is 12.8 Å². The van der Waals surface area contributed by atoms with Crippen LogP contribution in [0.2, 0.25) is 0 Å². The Labute approximate surface area is 132 Å². The molecule has 0 radical (unpaired) electrons. The van der Waals surface area contributed by atoms with Crippen molar-refractivity contribution >= 4 is 11.4 Å². The number of pyridine rings is 1. The molecular weight excluding hydrogens is 270 g/mol. The highest BCUT2D eigenvalue weighted by Crippen LogP contribution is 2.31. The number of nitrogens with two attached hydrogens (primary N) is 1. The van der Waals surface area contributed by atoms with Gasteiger partial charge in [0.15, 0.2) is 0 Å². The minimum Gasteiger partial charge on any atom is -0.397 e. The number of hydrogen-bond donors (Lipinski definition) is 2. The van der Waals surface area contributed by atoms with Crippen LogP contribution in [0.3, 0.4) is 0 Å². The summed E-state index contributed by atoms with van der Waals surface area (Å²) >= 11 is 0. The highest BCUT2D eigenvalue weighted by molar-refractivity contribution is 5.73. The first-order chi connectivity index (χ1) is 10.6. The first-order valence-corrected chi connectivity index (χ1v) is 7.71. The summed E-state index contributed by atoms with van der Waals surface area (Å²) in [5.41, 5.74) is 12.0. The lowest BCUT2D eigenvalue weighted by Gasteiger charge is -2.12. The zero-order valence-corrected chi connectivity index (χ0v) is 13.1. The van der Waals surface area contributed by atoms with Gasteiger partial charge in [0.05, 0.1) is 17.1 Å². The van der Waals surface area contributed by atoms with E-state index in [-0.39, 0.29) is 0 Å². The summed E-state index contributed by atoms with van der Waals surface area (Å²) in [4.78, 5) is 4.26. The smallest absolute Gasteiger partial charge is 0.0592 e. The summed E-state index contributed by atoms with van der Waals surface area (Å²) in [6.45, 7) is 5.01. The molecule has 3 heteroatoms. The van der Waals surface area contributed by atoms with Crippen LogP contribution >= 0.6 is 0 Å². The summed E-state index contributed by atoms with van der Waals surface area (Å²) in [7, 11) is 0. The molecule has 1 aliphatic rings. The largest absolute Gasteiger partial charge is 0.397 e. The third-order valence-electron chi connectivity index (χ3n) is 4.13. The summed E-state index contributed by atoms with van der Waals surface area (Å²) < 4.78 is 0. The summed E-state index contributed by atoms with van der Waals surface area (Å²) in [6, 6.07) is 7.97. The molecule has 3 nitrogen and oxygen atoms in total. The van der Waals surface area contributed by atoms with Gasteiger partial charge in [-0.3, -0.25) is 4.98 Å². The summed E-state index contributed by atoms with van der Waals surface area (Å²) in [6.07, 6.45) is 4.45. The minimum atomic E-state index is 0.801. The van der Waals surface area contributed by atoms with Crippen LogP contribution in [0.25, 0.3) is 0 Å². The van der Waals surface area contributed by atoms with Crippen molar-refractivity contribution in [3.63, 3.8) is 0 Å². The van der Waals surface area contributed by atoms with Crippen molar-refractivity contribution in [2.75, 3.05) is 17.6 Å². The van der Waals surface area contributed by atoms with E-state index in [0.29, 0.717) is 0 Å². The molecule has 0 spiro atoms. The van der Waals surface area contributed by atoms with Gasteiger partial charge in [-0.25, -0.2) is 0 Å². The standard InChI is InChI=1S/C19H21N3/c1-13-16(7-8-17-4-3-11-21-14(17)2)9-10-18(19(13)20)22-12-15-5-6-15/h3-4,9-11,15,22H,5-6,12,20H2,1-2H3. The molecule has 3 N–H and O–H groups in total. The van der Waals surface area contributed by atoms with Crippen molar-refractivity contribution in [3.05, 3.63) is 52.8 Å². The van der Waals surface area contributed by atoms with Gasteiger partial charge in [-0.15, -0.1) is 0 Å². The van der Waals surface area contributed by atoms with E-state index in [9.17, 15) is 0 Å². The van der Waals surface area contributed by atoms with E-state index in [1.807, 2.05) is 38.1 Å². The number of aromatic nitrogens is 1.